The van der Waals surface area contributed by atoms with E-state index < -0.39 is 57.6 Å². The Morgan fingerprint density at radius 1 is 0.886 bits per heavy atom. The van der Waals surface area contributed by atoms with Crippen molar-refractivity contribution in [2.45, 2.75) is 64.4 Å². The number of carbonyl (C=O) groups excluding carboxylic acids is 2. The second kappa shape index (κ2) is 9.96. The molecule has 14 heteroatoms. The molecule has 0 heterocycles. The van der Waals surface area contributed by atoms with Gasteiger partial charge in [-0.3, -0.25) is 14.1 Å². The molecule has 2 rings (SSSR count). The standard InChI is InChI=1S/C21H24F6O7S/c1-11-8-12(2)16(13(3)9-11)33-17(28)14-4-6-15(7-5-14)18(29)34-19(20(22,23)24,21(25,26)27)10-35(30,31)32/h8-9,14-15H,4-7,10H2,1-3H3,(H,30,31,32). The largest absolute Gasteiger partial charge is 0.438 e. The number of benzene rings is 1. The fraction of sp³-hybridized carbons (Fsp3) is 0.619. The van der Waals surface area contributed by atoms with Crippen molar-refractivity contribution in [3.05, 3.63) is 28.8 Å². The van der Waals surface area contributed by atoms with Gasteiger partial charge in [0, 0.05) is 0 Å². The van der Waals surface area contributed by atoms with Crippen molar-refractivity contribution in [1.29, 1.82) is 0 Å². The monoisotopic (exact) mass is 534 g/mol. The summed E-state index contributed by atoms with van der Waals surface area (Å²) in [5, 5.41) is 0. The highest BCUT2D eigenvalue weighted by Gasteiger charge is 2.76. The summed E-state index contributed by atoms with van der Waals surface area (Å²) >= 11 is 0. The van der Waals surface area contributed by atoms with Gasteiger partial charge in [-0.1, -0.05) is 17.7 Å². The van der Waals surface area contributed by atoms with E-state index in [2.05, 4.69) is 4.74 Å². The Bertz CT molecular complexity index is 1030. The van der Waals surface area contributed by atoms with Crippen LogP contribution in [0.5, 0.6) is 5.75 Å². The molecule has 1 fully saturated rings. The van der Waals surface area contributed by atoms with Crippen LogP contribution in [-0.2, 0) is 24.4 Å². The van der Waals surface area contributed by atoms with E-state index in [-0.39, 0.29) is 25.7 Å². The molecule has 0 aromatic heterocycles. The van der Waals surface area contributed by atoms with E-state index in [0.717, 1.165) is 5.56 Å². The van der Waals surface area contributed by atoms with Crippen LogP contribution >= 0.6 is 0 Å². The lowest BCUT2D eigenvalue weighted by molar-refractivity contribution is -0.362. The van der Waals surface area contributed by atoms with Crippen LogP contribution in [0.15, 0.2) is 12.1 Å². The van der Waals surface area contributed by atoms with Crippen LogP contribution in [0.1, 0.15) is 42.4 Å². The van der Waals surface area contributed by atoms with E-state index in [1.54, 1.807) is 26.0 Å². The first kappa shape index (κ1) is 28.9. The van der Waals surface area contributed by atoms with Crippen LogP contribution in [-0.4, -0.2) is 48.6 Å². The maximum Gasteiger partial charge on any atom is 0.438 e. The summed E-state index contributed by atoms with van der Waals surface area (Å²) in [6.07, 6.45) is -13.5. The van der Waals surface area contributed by atoms with Gasteiger partial charge in [0.15, 0.2) is 0 Å². The van der Waals surface area contributed by atoms with E-state index in [4.69, 9.17) is 9.29 Å². The minimum absolute atomic E-state index is 0.0775. The molecule has 0 spiro atoms. The molecule has 1 saturated carbocycles. The van der Waals surface area contributed by atoms with Gasteiger partial charge in [-0.05, 0) is 57.6 Å². The minimum atomic E-state index is -6.39. The van der Waals surface area contributed by atoms with Crippen molar-refractivity contribution in [2.24, 2.45) is 11.8 Å². The Kier molecular flexibility index (Phi) is 8.22. The highest BCUT2D eigenvalue weighted by atomic mass is 32.2. The average molecular weight is 534 g/mol. The summed E-state index contributed by atoms with van der Waals surface area (Å²) in [6, 6.07) is 3.59. The predicted molar refractivity (Wildman–Crippen MR) is 109 cm³/mol. The van der Waals surface area contributed by atoms with Crippen LogP contribution in [0, 0.1) is 32.6 Å². The summed E-state index contributed by atoms with van der Waals surface area (Å²) in [5.74, 6) is -7.39. The zero-order valence-corrected chi connectivity index (χ0v) is 19.7. The molecule has 0 saturated heterocycles. The lowest BCUT2D eigenvalue weighted by Crippen LogP contribution is -2.63. The molecule has 0 aliphatic heterocycles. The zero-order chi connectivity index (χ0) is 27.0. The van der Waals surface area contributed by atoms with Crippen molar-refractivity contribution in [2.75, 3.05) is 5.75 Å². The first-order valence-electron chi connectivity index (χ1n) is 10.4. The van der Waals surface area contributed by atoms with Crippen molar-refractivity contribution in [3.8, 4) is 5.75 Å². The molecule has 7 nitrogen and oxygen atoms in total. The number of rotatable bonds is 6. The van der Waals surface area contributed by atoms with Crippen molar-refractivity contribution in [1.82, 2.24) is 0 Å². The van der Waals surface area contributed by atoms with Gasteiger partial charge in [-0.25, -0.2) is 0 Å². The van der Waals surface area contributed by atoms with Crippen LogP contribution in [0.25, 0.3) is 0 Å². The Labute approximate surface area is 197 Å². The third-order valence-electron chi connectivity index (χ3n) is 5.78. The number of hydrogen-bond acceptors (Lipinski definition) is 6. The van der Waals surface area contributed by atoms with Crippen LogP contribution in [0.3, 0.4) is 0 Å². The van der Waals surface area contributed by atoms with Crippen LogP contribution in [0.4, 0.5) is 26.3 Å². The predicted octanol–water partition coefficient (Wildman–Crippen LogP) is 4.62. The molecule has 0 atom stereocenters. The van der Waals surface area contributed by atoms with Gasteiger partial charge in [0.25, 0.3) is 10.1 Å². The number of carbonyl (C=O) groups is 2. The molecular weight excluding hydrogens is 510 g/mol. The first-order chi connectivity index (χ1) is 15.8. The van der Waals surface area contributed by atoms with Gasteiger partial charge in [0.2, 0.25) is 0 Å². The van der Waals surface area contributed by atoms with Crippen LogP contribution in [0.2, 0.25) is 0 Å². The summed E-state index contributed by atoms with van der Waals surface area (Å²) in [5.41, 5.74) is -3.10. The van der Waals surface area contributed by atoms with Crippen molar-refractivity contribution < 1.29 is 58.4 Å². The second-order valence-electron chi connectivity index (χ2n) is 8.67. The molecule has 1 aliphatic carbocycles. The first-order valence-corrected chi connectivity index (χ1v) is 12.0. The number of halogens is 6. The lowest BCUT2D eigenvalue weighted by atomic mass is 9.82. The van der Waals surface area contributed by atoms with E-state index in [9.17, 15) is 44.3 Å². The van der Waals surface area contributed by atoms with Gasteiger partial charge in [-0.15, -0.1) is 0 Å². The van der Waals surface area contributed by atoms with Gasteiger partial charge < -0.3 is 9.47 Å². The maximum absolute atomic E-state index is 13.4. The quantitative estimate of drug-likeness (QED) is 0.246. The molecule has 0 unspecified atom stereocenters. The molecule has 1 aromatic rings. The smallest absolute Gasteiger partial charge is 0.438 e. The normalized spacial score (nSPS) is 19.8. The molecule has 1 N–H and O–H groups in total. The Hall–Kier alpha value is -2.35. The molecule has 1 aromatic carbocycles. The van der Waals surface area contributed by atoms with Crippen LogP contribution < -0.4 is 4.74 Å². The Morgan fingerprint density at radius 2 is 1.29 bits per heavy atom. The molecule has 0 amide bonds. The van der Waals surface area contributed by atoms with E-state index >= 15 is 0 Å². The fourth-order valence-corrected chi connectivity index (χ4v) is 4.96. The Morgan fingerprint density at radius 3 is 1.66 bits per heavy atom. The summed E-state index contributed by atoms with van der Waals surface area (Å²) in [7, 11) is -5.86. The van der Waals surface area contributed by atoms with Gasteiger partial charge in [-0.2, -0.15) is 34.8 Å². The van der Waals surface area contributed by atoms with E-state index in [1.807, 2.05) is 6.92 Å². The molecule has 0 radical (unpaired) electrons. The number of esters is 2. The third kappa shape index (κ3) is 6.66. The van der Waals surface area contributed by atoms with Gasteiger partial charge in [0.05, 0.1) is 11.8 Å². The van der Waals surface area contributed by atoms with Gasteiger partial charge in [0.1, 0.15) is 11.5 Å². The third-order valence-corrected chi connectivity index (χ3v) is 6.55. The average Bonchev–Trinajstić information content (AvgIpc) is 2.67. The fourth-order valence-electron chi connectivity index (χ4n) is 4.06. The highest BCUT2D eigenvalue weighted by Crippen LogP contribution is 2.47. The van der Waals surface area contributed by atoms with Crippen molar-refractivity contribution in [3.63, 3.8) is 0 Å². The number of alkyl halides is 6. The second-order valence-corrected chi connectivity index (χ2v) is 10.1. The molecule has 35 heavy (non-hydrogen) atoms. The lowest BCUT2D eigenvalue weighted by Gasteiger charge is -2.37. The number of hydrogen-bond donors (Lipinski definition) is 1. The van der Waals surface area contributed by atoms with E-state index in [0.29, 0.717) is 16.9 Å². The number of ether oxygens (including phenoxy) is 2. The molecule has 198 valence electrons. The number of aryl methyl sites for hydroxylation is 3. The highest BCUT2D eigenvalue weighted by molar-refractivity contribution is 7.85. The summed E-state index contributed by atoms with van der Waals surface area (Å²) in [4.78, 5) is 24.8. The SMILES string of the molecule is Cc1cc(C)c(OC(=O)C2CCC(C(=O)OC(CS(=O)(=O)O)(C(F)(F)F)C(F)(F)F)CC2)c(C)c1. The molecule has 0 bridgehead atoms. The van der Waals surface area contributed by atoms with Gasteiger partial charge >= 0.3 is 29.9 Å². The minimum Gasteiger partial charge on any atom is -0.438 e. The molecular formula is C21H24F6O7S. The summed E-state index contributed by atoms with van der Waals surface area (Å²) < 4.78 is 120. The zero-order valence-electron chi connectivity index (χ0n) is 18.9. The van der Waals surface area contributed by atoms with E-state index in [1.165, 1.54) is 0 Å². The Balaban J connectivity index is 2.14. The molecule has 1 aliphatic rings. The van der Waals surface area contributed by atoms with Crippen molar-refractivity contribution >= 4 is 22.1 Å². The summed E-state index contributed by atoms with van der Waals surface area (Å²) in [6.45, 7) is 5.32. The maximum atomic E-state index is 13.4. The topological polar surface area (TPSA) is 107 Å².